The topological polar surface area (TPSA) is 69.5 Å². The molecule has 0 aliphatic heterocycles. The molecule has 6 nitrogen and oxygen atoms in total. The molecule has 41 heavy (non-hydrogen) atoms. The lowest BCUT2D eigenvalue weighted by molar-refractivity contribution is 0.0814. The third-order valence-electron chi connectivity index (χ3n) is 7.72. The Bertz CT molecular complexity index is 1370. The van der Waals surface area contributed by atoms with E-state index >= 15 is 0 Å². The number of terminal acetylenes is 1. The first-order valence-corrected chi connectivity index (χ1v) is 14.4. The molecule has 1 aliphatic rings. The Morgan fingerprint density at radius 2 is 1.80 bits per heavy atom. The van der Waals surface area contributed by atoms with Crippen LogP contribution in [0.3, 0.4) is 0 Å². The van der Waals surface area contributed by atoms with Gasteiger partial charge in [0.15, 0.2) is 0 Å². The van der Waals surface area contributed by atoms with Crippen molar-refractivity contribution in [2.45, 2.75) is 63.6 Å². The zero-order chi connectivity index (χ0) is 29.6. The van der Waals surface area contributed by atoms with Crippen molar-refractivity contribution in [1.29, 1.82) is 0 Å². The van der Waals surface area contributed by atoms with Gasteiger partial charge in [0.25, 0.3) is 5.91 Å². The van der Waals surface area contributed by atoms with E-state index in [1.165, 1.54) is 12.1 Å². The van der Waals surface area contributed by atoms with Crippen LogP contribution in [0.25, 0.3) is 0 Å². The van der Waals surface area contributed by atoms with Crippen LogP contribution < -0.4 is 15.5 Å². The third-order valence-corrected chi connectivity index (χ3v) is 7.72. The zero-order valence-electron chi connectivity index (χ0n) is 24.1. The van der Waals surface area contributed by atoms with Crippen LogP contribution in [0.5, 0.6) is 0 Å². The number of hydrogen-bond donors (Lipinski definition) is 3. The first-order valence-electron chi connectivity index (χ1n) is 14.4. The highest BCUT2D eigenvalue weighted by molar-refractivity contribution is 5.94. The summed E-state index contributed by atoms with van der Waals surface area (Å²) in [6.07, 6.45) is 10.3. The van der Waals surface area contributed by atoms with Gasteiger partial charge in [0.1, 0.15) is 17.3 Å². The van der Waals surface area contributed by atoms with Crippen LogP contribution in [-0.4, -0.2) is 47.4 Å². The highest BCUT2D eigenvalue weighted by atomic mass is 19.1. The predicted octanol–water partition coefficient (Wildman–Crippen LogP) is 4.89. The molecule has 2 aromatic carbocycles. The highest BCUT2D eigenvalue weighted by Crippen LogP contribution is 2.45. The molecule has 2 atom stereocenters. The van der Waals surface area contributed by atoms with Crippen molar-refractivity contribution < 1.29 is 18.7 Å². The van der Waals surface area contributed by atoms with Gasteiger partial charge in [-0.25, -0.2) is 8.78 Å². The first kappa shape index (κ1) is 30.3. The van der Waals surface area contributed by atoms with E-state index in [0.29, 0.717) is 11.3 Å². The predicted molar refractivity (Wildman–Crippen MR) is 159 cm³/mol. The SMILES string of the molecule is C#Cc1cccc(C2(NC[C@H](O)[C@H](Cc3cc(F)cc(F)c3)NC(=O)c3cc(N(CCC)CCC)cn3C)CC2)c1. The summed E-state index contributed by atoms with van der Waals surface area (Å²) in [6, 6.07) is 12.1. The summed E-state index contributed by atoms with van der Waals surface area (Å²) in [5.74, 6) is 0.882. The van der Waals surface area contributed by atoms with E-state index in [1.54, 1.807) is 4.57 Å². The number of benzene rings is 2. The van der Waals surface area contributed by atoms with E-state index < -0.39 is 23.8 Å². The summed E-state index contributed by atoms with van der Waals surface area (Å²) in [6.45, 7) is 6.16. The van der Waals surface area contributed by atoms with Crippen molar-refractivity contribution in [3.05, 3.63) is 88.7 Å². The number of nitrogens with zero attached hydrogens (tertiary/aromatic N) is 2. The number of amides is 1. The molecule has 8 heteroatoms. The van der Waals surface area contributed by atoms with Crippen LogP contribution in [0.4, 0.5) is 14.5 Å². The van der Waals surface area contributed by atoms with E-state index in [2.05, 4.69) is 35.3 Å². The van der Waals surface area contributed by atoms with E-state index in [1.807, 2.05) is 43.6 Å². The van der Waals surface area contributed by atoms with Crippen molar-refractivity contribution in [1.82, 2.24) is 15.2 Å². The van der Waals surface area contributed by atoms with E-state index in [9.17, 15) is 18.7 Å². The molecule has 3 aromatic rings. The fourth-order valence-corrected chi connectivity index (χ4v) is 5.41. The zero-order valence-corrected chi connectivity index (χ0v) is 24.1. The number of hydrogen-bond acceptors (Lipinski definition) is 4. The summed E-state index contributed by atoms with van der Waals surface area (Å²) in [4.78, 5) is 15.8. The van der Waals surface area contributed by atoms with Crippen LogP contribution in [0.15, 0.2) is 54.7 Å². The summed E-state index contributed by atoms with van der Waals surface area (Å²) in [5.41, 5.74) is 3.28. The number of carbonyl (C=O) groups is 1. The fourth-order valence-electron chi connectivity index (χ4n) is 5.41. The van der Waals surface area contributed by atoms with Gasteiger partial charge in [0, 0.05) is 50.0 Å². The molecule has 1 fully saturated rings. The van der Waals surface area contributed by atoms with Gasteiger partial charge in [-0.1, -0.05) is 31.9 Å². The van der Waals surface area contributed by atoms with Crippen molar-refractivity contribution in [2.24, 2.45) is 7.05 Å². The van der Waals surface area contributed by atoms with Crippen LogP contribution in [0, 0.1) is 24.0 Å². The molecule has 1 heterocycles. The maximum Gasteiger partial charge on any atom is 0.268 e. The van der Waals surface area contributed by atoms with Gasteiger partial charge in [0.2, 0.25) is 0 Å². The standard InChI is InChI=1S/C33H40F2N4O2/c1-5-13-39(14-6-2)28-20-30(38(4)22-28)32(41)37-29(18-24-16-26(34)19-27(35)17-24)31(40)21-36-33(11-12-33)25-10-8-9-23(7-3)15-25/h3,8-10,15-17,19-20,22,29,31,36,40H,5-6,11-14,18,21H2,1-2,4H3,(H,37,41)/t29-,31-/m0/s1. The van der Waals surface area contributed by atoms with Gasteiger partial charge in [-0.05, 0) is 73.6 Å². The van der Waals surface area contributed by atoms with Gasteiger partial charge in [-0.2, -0.15) is 0 Å². The minimum Gasteiger partial charge on any atom is -0.390 e. The van der Waals surface area contributed by atoms with E-state index in [4.69, 9.17) is 6.42 Å². The Morgan fingerprint density at radius 3 is 2.41 bits per heavy atom. The number of nitrogens with one attached hydrogen (secondary N) is 2. The molecule has 0 radical (unpaired) electrons. The van der Waals surface area contributed by atoms with Crippen molar-refractivity contribution in [2.75, 3.05) is 24.5 Å². The average molecular weight is 563 g/mol. The van der Waals surface area contributed by atoms with Crippen LogP contribution in [-0.2, 0) is 19.0 Å². The molecule has 4 rings (SSSR count). The number of aliphatic hydroxyl groups is 1. The second kappa shape index (κ2) is 13.3. The number of aryl methyl sites for hydroxylation is 1. The molecule has 218 valence electrons. The number of anilines is 1. The smallest absolute Gasteiger partial charge is 0.268 e. The maximum absolute atomic E-state index is 14.0. The molecule has 0 spiro atoms. The number of aliphatic hydroxyl groups excluding tert-OH is 1. The monoisotopic (exact) mass is 562 g/mol. The Morgan fingerprint density at radius 1 is 1.12 bits per heavy atom. The highest BCUT2D eigenvalue weighted by Gasteiger charge is 2.44. The number of rotatable bonds is 14. The van der Waals surface area contributed by atoms with Crippen molar-refractivity contribution in [3.63, 3.8) is 0 Å². The Balaban J connectivity index is 1.53. The molecule has 0 bridgehead atoms. The lowest BCUT2D eigenvalue weighted by Crippen LogP contribution is -2.50. The molecular weight excluding hydrogens is 522 g/mol. The second-order valence-corrected chi connectivity index (χ2v) is 11.0. The summed E-state index contributed by atoms with van der Waals surface area (Å²) in [7, 11) is 1.81. The maximum atomic E-state index is 14.0. The second-order valence-electron chi connectivity index (χ2n) is 11.0. The Kier molecular flexibility index (Phi) is 9.85. The van der Waals surface area contributed by atoms with Gasteiger partial charge < -0.3 is 25.2 Å². The molecular formula is C33H40F2N4O2. The largest absolute Gasteiger partial charge is 0.390 e. The Hall–Kier alpha value is -3.67. The normalized spacial score (nSPS) is 15.1. The summed E-state index contributed by atoms with van der Waals surface area (Å²) >= 11 is 0. The molecule has 1 amide bonds. The minimum atomic E-state index is -1.03. The minimum absolute atomic E-state index is 0.0535. The van der Waals surface area contributed by atoms with Gasteiger partial charge in [-0.15, -0.1) is 6.42 Å². The number of carbonyl (C=O) groups excluding carboxylic acids is 1. The summed E-state index contributed by atoms with van der Waals surface area (Å²) in [5, 5.41) is 17.8. The lowest BCUT2D eigenvalue weighted by Gasteiger charge is -2.27. The molecule has 3 N–H and O–H groups in total. The summed E-state index contributed by atoms with van der Waals surface area (Å²) < 4.78 is 29.8. The quantitative estimate of drug-likeness (QED) is 0.245. The third kappa shape index (κ3) is 7.55. The Labute approximate surface area is 241 Å². The number of aromatic nitrogens is 1. The van der Waals surface area contributed by atoms with Crippen molar-refractivity contribution in [3.8, 4) is 12.3 Å². The van der Waals surface area contributed by atoms with Gasteiger partial charge in [-0.3, -0.25) is 4.79 Å². The molecule has 1 aliphatic carbocycles. The first-order chi connectivity index (χ1) is 19.7. The fraction of sp³-hybridized carbons (Fsp3) is 0.424. The van der Waals surface area contributed by atoms with Gasteiger partial charge >= 0.3 is 0 Å². The van der Waals surface area contributed by atoms with Crippen molar-refractivity contribution >= 4 is 11.6 Å². The molecule has 1 saturated carbocycles. The average Bonchev–Trinajstić information content (AvgIpc) is 3.64. The molecule has 0 unspecified atom stereocenters. The van der Waals surface area contributed by atoms with Gasteiger partial charge in [0.05, 0.1) is 17.8 Å². The molecule has 0 saturated heterocycles. The van der Waals surface area contributed by atoms with E-state index in [0.717, 1.165) is 61.7 Å². The van der Waals surface area contributed by atoms with Crippen LogP contribution in [0.2, 0.25) is 0 Å². The van der Waals surface area contributed by atoms with Crippen LogP contribution >= 0.6 is 0 Å². The number of halogens is 2. The van der Waals surface area contributed by atoms with Crippen LogP contribution in [0.1, 0.15) is 66.7 Å². The molecule has 1 aromatic heterocycles. The van der Waals surface area contributed by atoms with E-state index in [-0.39, 0.29) is 24.4 Å². The lowest BCUT2D eigenvalue weighted by atomic mass is 9.98.